The molecule has 1 aliphatic rings. The highest BCUT2D eigenvalue weighted by Crippen LogP contribution is 2.27. The van der Waals surface area contributed by atoms with Crippen LogP contribution in [0.25, 0.3) is 0 Å². The molecule has 0 spiro atoms. The summed E-state index contributed by atoms with van der Waals surface area (Å²) in [4.78, 5) is 2.32. The quantitative estimate of drug-likeness (QED) is 0.780. The minimum atomic E-state index is -0.221. The van der Waals surface area contributed by atoms with E-state index in [1.54, 1.807) is 12.1 Å². The van der Waals surface area contributed by atoms with Gasteiger partial charge in [0.15, 0.2) is 0 Å². The van der Waals surface area contributed by atoms with Crippen LogP contribution in [0.1, 0.15) is 30.9 Å². The Hall–Kier alpha value is -1.40. The van der Waals surface area contributed by atoms with Crippen LogP contribution in [-0.2, 0) is 0 Å². The Morgan fingerprint density at radius 1 is 1.25 bits per heavy atom. The van der Waals surface area contributed by atoms with Gasteiger partial charge in [-0.05, 0) is 43.6 Å². The number of hydrogen-bond donors (Lipinski definition) is 0. The first-order valence-corrected chi connectivity index (χ1v) is 5.68. The van der Waals surface area contributed by atoms with Gasteiger partial charge in [0.2, 0.25) is 0 Å². The molecule has 1 atom stereocenters. The zero-order chi connectivity index (χ0) is 11.4. The molecule has 84 valence electrons. The summed E-state index contributed by atoms with van der Waals surface area (Å²) in [6, 6.07) is 8.87. The third-order valence-corrected chi connectivity index (χ3v) is 3.12. The molecular weight excluding hydrogens is 203 g/mol. The van der Waals surface area contributed by atoms with Crippen LogP contribution in [0.3, 0.4) is 0 Å². The molecule has 2 nitrogen and oxygen atoms in total. The van der Waals surface area contributed by atoms with Crippen LogP contribution < -0.4 is 0 Å². The molecule has 0 saturated carbocycles. The van der Waals surface area contributed by atoms with Crippen molar-refractivity contribution in [3.8, 4) is 6.07 Å². The number of hydrogen-bond acceptors (Lipinski definition) is 2. The Kier molecular flexibility index (Phi) is 3.53. The van der Waals surface area contributed by atoms with Crippen LogP contribution in [0.15, 0.2) is 24.3 Å². The Morgan fingerprint density at radius 3 is 2.44 bits per heavy atom. The monoisotopic (exact) mass is 218 g/mol. The highest BCUT2D eigenvalue weighted by molar-refractivity contribution is 5.21. The molecule has 1 heterocycles. The van der Waals surface area contributed by atoms with Gasteiger partial charge in [0.25, 0.3) is 0 Å². The third-order valence-electron chi connectivity index (χ3n) is 3.12. The molecule has 0 N–H and O–H groups in total. The standard InChI is InChI=1S/C13H15FN2/c14-12-5-3-11(4-6-12)13(7-8-15)16-9-1-2-10-16/h3-6,13H,1-2,7,9-10H2. The molecule has 1 unspecified atom stereocenters. The van der Waals surface area contributed by atoms with Crippen molar-refractivity contribution in [3.05, 3.63) is 35.6 Å². The summed E-state index contributed by atoms with van der Waals surface area (Å²) in [5, 5.41) is 8.86. The number of likely N-dealkylation sites (tertiary alicyclic amines) is 1. The van der Waals surface area contributed by atoms with E-state index in [2.05, 4.69) is 11.0 Å². The van der Waals surface area contributed by atoms with Crippen molar-refractivity contribution >= 4 is 0 Å². The summed E-state index contributed by atoms with van der Waals surface area (Å²) >= 11 is 0. The second kappa shape index (κ2) is 5.09. The SMILES string of the molecule is N#CCC(c1ccc(F)cc1)N1CCCC1. The summed E-state index contributed by atoms with van der Waals surface area (Å²) in [5.74, 6) is -0.221. The van der Waals surface area contributed by atoms with Crippen LogP contribution in [-0.4, -0.2) is 18.0 Å². The highest BCUT2D eigenvalue weighted by atomic mass is 19.1. The van der Waals surface area contributed by atoms with Crippen molar-refractivity contribution < 1.29 is 4.39 Å². The number of rotatable bonds is 3. The van der Waals surface area contributed by atoms with E-state index in [1.807, 2.05) is 0 Å². The first kappa shape index (κ1) is 11.1. The van der Waals surface area contributed by atoms with E-state index in [-0.39, 0.29) is 11.9 Å². The molecule has 1 saturated heterocycles. The second-order valence-corrected chi connectivity index (χ2v) is 4.17. The van der Waals surface area contributed by atoms with E-state index in [4.69, 9.17) is 5.26 Å². The van der Waals surface area contributed by atoms with Gasteiger partial charge in [-0.1, -0.05) is 12.1 Å². The predicted molar refractivity (Wildman–Crippen MR) is 60.2 cm³/mol. The molecule has 1 aromatic carbocycles. The molecule has 0 aromatic heterocycles. The van der Waals surface area contributed by atoms with Gasteiger partial charge in [-0.25, -0.2) is 4.39 Å². The van der Waals surface area contributed by atoms with Gasteiger partial charge in [-0.15, -0.1) is 0 Å². The number of nitriles is 1. The van der Waals surface area contributed by atoms with Gasteiger partial charge in [0.05, 0.1) is 12.5 Å². The van der Waals surface area contributed by atoms with Crippen LogP contribution >= 0.6 is 0 Å². The van der Waals surface area contributed by atoms with E-state index in [9.17, 15) is 4.39 Å². The molecule has 2 rings (SSSR count). The van der Waals surface area contributed by atoms with Crippen molar-refractivity contribution in [1.82, 2.24) is 4.90 Å². The van der Waals surface area contributed by atoms with Crippen molar-refractivity contribution in [3.63, 3.8) is 0 Å². The number of benzene rings is 1. The third kappa shape index (κ3) is 2.40. The number of nitrogens with zero attached hydrogens (tertiary/aromatic N) is 2. The molecule has 1 aromatic rings. The molecule has 1 fully saturated rings. The topological polar surface area (TPSA) is 27.0 Å². The highest BCUT2D eigenvalue weighted by Gasteiger charge is 2.22. The van der Waals surface area contributed by atoms with E-state index in [0.717, 1.165) is 18.7 Å². The number of halogens is 1. The van der Waals surface area contributed by atoms with Crippen molar-refractivity contribution in [2.45, 2.75) is 25.3 Å². The van der Waals surface area contributed by atoms with Gasteiger partial charge in [-0.2, -0.15) is 5.26 Å². The van der Waals surface area contributed by atoms with Gasteiger partial charge < -0.3 is 0 Å². The summed E-state index contributed by atoms with van der Waals surface area (Å²) < 4.78 is 12.8. The van der Waals surface area contributed by atoms with Crippen molar-refractivity contribution in [2.75, 3.05) is 13.1 Å². The van der Waals surface area contributed by atoms with E-state index in [1.165, 1.54) is 25.0 Å². The molecule has 3 heteroatoms. The average molecular weight is 218 g/mol. The summed E-state index contributed by atoms with van der Waals surface area (Å²) in [6.07, 6.45) is 2.87. The smallest absolute Gasteiger partial charge is 0.123 e. The maximum Gasteiger partial charge on any atom is 0.123 e. The van der Waals surface area contributed by atoms with E-state index < -0.39 is 0 Å². The lowest BCUT2D eigenvalue weighted by Gasteiger charge is -2.25. The lowest BCUT2D eigenvalue weighted by Crippen LogP contribution is -2.25. The van der Waals surface area contributed by atoms with Crippen LogP contribution in [0.5, 0.6) is 0 Å². The van der Waals surface area contributed by atoms with Gasteiger partial charge in [0.1, 0.15) is 5.82 Å². The second-order valence-electron chi connectivity index (χ2n) is 4.17. The zero-order valence-corrected chi connectivity index (χ0v) is 9.19. The molecule has 0 radical (unpaired) electrons. The molecule has 0 aliphatic carbocycles. The molecular formula is C13H15FN2. The van der Waals surface area contributed by atoms with Crippen LogP contribution in [0.4, 0.5) is 4.39 Å². The summed E-state index contributed by atoms with van der Waals surface area (Å²) in [7, 11) is 0. The Balaban J connectivity index is 2.18. The van der Waals surface area contributed by atoms with Crippen LogP contribution in [0.2, 0.25) is 0 Å². The normalized spacial score (nSPS) is 18.2. The largest absolute Gasteiger partial charge is 0.295 e. The molecule has 1 aliphatic heterocycles. The minimum absolute atomic E-state index is 0.132. The Morgan fingerprint density at radius 2 is 1.88 bits per heavy atom. The van der Waals surface area contributed by atoms with E-state index >= 15 is 0 Å². The summed E-state index contributed by atoms with van der Waals surface area (Å²) in [6.45, 7) is 2.09. The van der Waals surface area contributed by atoms with Crippen molar-refractivity contribution in [1.29, 1.82) is 5.26 Å². The fourth-order valence-electron chi connectivity index (χ4n) is 2.28. The lowest BCUT2D eigenvalue weighted by atomic mass is 10.0. The minimum Gasteiger partial charge on any atom is -0.295 e. The van der Waals surface area contributed by atoms with E-state index in [0.29, 0.717) is 6.42 Å². The lowest BCUT2D eigenvalue weighted by molar-refractivity contribution is 0.248. The van der Waals surface area contributed by atoms with Crippen LogP contribution in [0, 0.1) is 17.1 Å². The molecule has 16 heavy (non-hydrogen) atoms. The zero-order valence-electron chi connectivity index (χ0n) is 9.19. The van der Waals surface area contributed by atoms with Gasteiger partial charge >= 0.3 is 0 Å². The first-order valence-electron chi connectivity index (χ1n) is 5.68. The Labute approximate surface area is 95.3 Å². The summed E-state index contributed by atoms with van der Waals surface area (Å²) in [5.41, 5.74) is 1.05. The maximum atomic E-state index is 12.8. The average Bonchev–Trinajstić information content (AvgIpc) is 2.81. The van der Waals surface area contributed by atoms with Gasteiger partial charge in [-0.3, -0.25) is 4.90 Å². The fourth-order valence-corrected chi connectivity index (χ4v) is 2.28. The predicted octanol–water partition coefficient (Wildman–Crippen LogP) is 2.88. The molecule has 0 bridgehead atoms. The maximum absolute atomic E-state index is 12.8. The fraction of sp³-hybridized carbons (Fsp3) is 0.462. The first-order chi connectivity index (χ1) is 7.81. The van der Waals surface area contributed by atoms with Gasteiger partial charge in [0, 0.05) is 6.04 Å². The molecule has 0 amide bonds. The Bertz CT molecular complexity index is 374. The van der Waals surface area contributed by atoms with Crippen molar-refractivity contribution in [2.24, 2.45) is 0 Å².